The molecule has 8 nitrogen and oxygen atoms in total. The van der Waals surface area contributed by atoms with Crippen LogP contribution in [-0.4, -0.2) is 45.3 Å². The predicted molar refractivity (Wildman–Crippen MR) is 86.9 cm³/mol. The van der Waals surface area contributed by atoms with Crippen molar-refractivity contribution in [1.82, 2.24) is 4.90 Å². The van der Waals surface area contributed by atoms with E-state index in [0.29, 0.717) is 0 Å². The second-order valence-corrected chi connectivity index (χ2v) is 7.58. The molecule has 0 spiro atoms. The standard InChI is InChI=1S/C14H22N4O4S/c1-14(2,13(15)20)11(18(3)4)12(19)17-9-6-5-7-10(8-9)23(16,21)22/h5-8,11H,1-4H3,(H2,15,20)(H,17,19)(H2,16,21,22). The Kier molecular flexibility index (Phi) is 5.51. The minimum Gasteiger partial charge on any atom is -0.369 e. The summed E-state index contributed by atoms with van der Waals surface area (Å²) in [6.07, 6.45) is 0. The van der Waals surface area contributed by atoms with E-state index in [2.05, 4.69) is 5.32 Å². The van der Waals surface area contributed by atoms with Crippen LogP contribution < -0.4 is 16.2 Å². The predicted octanol–water partition coefficient (Wildman–Crippen LogP) is -0.286. The molecule has 5 N–H and O–H groups in total. The Morgan fingerprint density at radius 3 is 2.26 bits per heavy atom. The molecule has 2 amide bonds. The molecule has 23 heavy (non-hydrogen) atoms. The monoisotopic (exact) mass is 342 g/mol. The van der Waals surface area contributed by atoms with Crippen molar-refractivity contribution < 1.29 is 18.0 Å². The number of nitrogens with two attached hydrogens (primary N) is 2. The van der Waals surface area contributed by atoms with Gasteiger partial charge in [0.05, 0.1) is 10.3 Å². The molecule has 128 valence electrons. The molecule has 0 saturated heterocycles. The van der Waals surface area contributed by atoms with Crippen LogP contribution in [0, 0.1) is 5.41 Å². The molecule has 1 unspecified atom stereocenters. The lowest BCUT2D eigenvalue weighted by atomic mass is 9.82. The van der Waals surface area contributed by atoms with Gasteiger partial charge in [0.2, 0.25) is 21.8 Å². The molecular weight excluding hydrogens is 320 g/mol. The van der Waals surface area contributed by atoms with Gasteiger partial charge in [-0.25, -0.2) is 13.6 Å². The SMILES string of the molecule is CN(C)C(C(=O)Nc1cccc(S(N)(=O)=O)c1)C(C)(C)C(N)=O. The van der Waals surface area contributed by atoms with Gasteiger partial charge in [0.25, 0.3) is 0 Å². The van der Waals surface area contributed by atoms with Gasteiger partial charge in [-0.1, -0.05) is 6.07 Å². The van der Waals surface area contributed by atoms with Gasteiger partial charge in [0, 0.05) is 5.69 Å². The molecule has 0 bridgehead atoms. The summed E-state index contributed by atoms with van der Waals surface area (Å²) in [4.78, 5) is 25.6. The van der Waals surface area contributed by atoms with E-state index < -0.39 is 33.3 Å². The van der Waals surface area contributed by atoms with Crippen LogP contribution in [0.15, 0.2) is 29.2 Å². The van der Waals surface area contributed by atoms with Crippen molar-refractivity contribution in [2.75, 3.05) is 19.4 Å². The minimum absolute atomic E-state index is 0.120. The zero-order chi connectivity index (χ0) is 18.0. The molecule has 1 aromatic carbocycles. The maximum atomic E-state index is 12.5. The first-order valence-corrected chi connectivity index (χ1v) is 8.32. The normalized spacial score (nSPS) is 13.7. The lowest BCUT2D eigenvalue weighted by Crippen LogP contribution is -2.54. The highest BCUT2D eigenvalue weighted by molar-refractivity contribution is 7.89. The fourth-order valence-corrected chi connectivity index (χ4v) is 2.86. The summed E-state index contributed by atoms with van der Waals surface area (Å²) in [6, 6.07) is 4.72. The maximum absolute atomic E-state index is 12.5. The third kappa shape index (κ3) is 4.50. The Morgan fingerprint density at radius 1 is 1.26 bits per heavy atom. The quantitative estimate of drug-likeness (QED) is 0.653. The van der Waals surface area contributed by atoms with Crippen molar-refractivity contribution >= 4 is 27.5 Å². The van der Waals surface area contributed by atoms with Gasteiger partial charge in [-0.2, -0.15) is 0 Å². The van der Waals surface area contributed by atoms with E-state index in [1.54, 1.807) is 32.8 Å². The fourth-order valence-electron chi connectivity index (χ4n) is 2.30. The summed E-state index contributed by atoms with van der Waals surface area (Å²) in [5.41, 5.74) is 4.52. The van der Waals surface area contributed by atoms with E-state index in [1.807, 2.05) is 0 Å². The van der Waals surface area contributed by atoms with E-state index in [4.69, 9.17) is 10.9 Å². The molecule has 0 aliphatic rings. The summed E-state index contributed by atoms with van der Waals surface area (Å²) in [5.74, 6) is -1.10. The highest BCUT2D eigenvalue weighted by Crippen LogP contribution is 2.25. The highest BCUT2D eigenvalue weighted by Gasteiger charge is 2.41. The number of nitrogens with zero attached hydrogens (tertiary/aromatic N) is 1. The number of carbonyl (C=O) groups is 2. The Balaban J connectivity index is 3.12. The molecule has 0 aromatic heterocycles. The number of hydrogen-bond donors (Lipinski definition) is 3. The van der Waals surface area contributed by atoms with Crippen LogP contribution in [0.1, 0.15) is 13.8 Å². The van der Waals surface area contributed by atoms with Gasteiger partial charge < -0.3 is 11.1 Å². The third-order valence-electron chi connectivity index (χ3n) is 3.51. The van der Waals surface area contributed by atoms with Crippen LogP contribution in [0.5, 0.6) is 0 Å². The molecule has 0 radical (unpaired) electrons. The van der Waals surface area contributed by atoms with Gasteiger partial charge in [-0.05, 0) is 46.1 Å². The fraction of sp³-hybridized carbons (Fsp3) is 0.429. The van der Waals surface area contributed by atoms with Gasteiger partial charge in [-0.15, -0.1) is 0 Å². The average molecular weight is 342 g/mol. The lowest BCUT2D eigenvalue weighted by Gasteiger charge is -2.35. The molecule has 9 heteroatoms. The summed E-state index contributed by atoms with van der Waals surface area (Å²) in [5, 5.41) is 7.65. The third-order valence-corrected chi connectivity index (χ3v) is 4.42. The van der Waals surface area contributed by atoms with Gasteiger partial charge in [-0.3, -0.25) is 14.5 Å². The topological polar surface area (TPSA) is 136 Å². The zero-order valence-corrected chi connectivity index (χ0v) is 14.3. The molecule has 0 fully saturated rings. The number of anilines is 1. The average Bonchev–Trinajstić information content (AvgIpc) is 2.36. The van der Waals surface area contributed by atoms with Crippen LogP contribution >= 0.6 is 0 Å². The Labute approximate surface area is 135 Å². The highest BCUT2D eigenvalue weighted by atomic mass is 32.2. The summed E-state index contributed by atoms with van der Waals surface area (Å²) in [6.45, 7) is 3.14. The smallest absolute Gasteiger partial charge is 0.242 e. The first-order valence-electron chi connectivity index (χ1n) is 6.77. The van der Waals surface area contributed by atoms with Crippen LogP contribution in [0.2, 0.25) is 0 Å². The number of nitrogens with one attached hydrogen (secondary N) is 1. The van der Waals surface area contributed by atoms with Crippen molar-refractivity contribution in [2.24, 2.45) is 16.3 Å². The zero-order valence-electron chi connectivity index (χ0n) is 13.5. The molecule has 1 atom stereocenters. The number of hydrogen-bond acceptors (Lipinski definition) is 5. The van der Waals surface area contributed by atoms with Crippen LogP contribution in [-0.2, 0) is 19.6 Å². The van der Waals surface area contributed by atoms with Crippen LogP contribution in [0.25, 0.3) is 0 Å². The molecular formula is C14H22N4O4S. The van der Waals surface area contributed by atoms with E-state index in [-0.39, 0.29) is 10.6 Å². The summed E-state index contributed by atoms with van der Waals surface area (Å²) >= 11 is 0. The Bertz CT molecular complexity index is 713. The number of benzene rings is 1. The van der Waals surface area contributed by atoms with Crippen molar-refractivity contribution in [3.63, 3.8) is 0 Å². The maximum Gasteiger partial charge on any atom is 0.242 e. The van der Waals surface area contributed by atoms with Crippen LogP contribution in [0.4, 0.5) is 5.69 Å². The first kappa shape index (κ1) is 19.1. The lowest BCUT2D eigenvalue weighted by molar-refractivity contribution is -0.136. The Morgan fingerprint density at radius 2 is 1.83 bits per heavy atom. The van der Waals surface area contributed by atoms with Crippen LogP contribution in [0.3, 0.4) is 0 Å². The van der Waals surface area contributed by atoms with E-state index >= 15 is 0 Å². The Hall–Kier alpha value is -1.97. The molecule has 1 rings (SSSR count). The molecule has 0 saturated carbocycles. The van der Waals surface area contributed by atoms with Gasteiger partial charge in [0.1, 0.15) is 6.04 Å². The second-order valence-electron chi connectivity index (χ2n) is 6.01. The minimum atomic E-state index is -3.88. The van der Waals surface area contributed by atoms with Crippen molar-refractivity contribution in [3.05, 3.63) is 24.3 Å². The number of primary amides is 1. The van der Waals surface area contributed by atoms with Crippen molar-refractivity contribution in [1.29, 1.82) is 0 Å². The van der Waals surface area contributed by atoms with Gasteiger partial charge in [0.15, 0.2) is 0 Å². The molecule has 0 aliphatic heterocycles. The van der Waals surface area contributed by atoms with E-state index in [0.717, 1.165) is 0 Å². The number of sulfonamides is 1. The molecule has 0 heterocycles. The van der Waals surface area contributed by atoms with Crippen molar-refractivity contribution in [3.8, 4) is 0 Å². The number of amides is 2. The van der Waals surface area contributed by atoms with Crippen molar-refractivity contribution in [2.45, 2.75) is 24.8 Å². The van der Waals surface area contributed by atoms with Gasteiger partial charge >= 0.3 is 0 Å². The number of rotatable bonds is 6. The van der Waals surface area contributed by atoms with E-state index in [9.17, 15) is 18.0 Å². The largest absolute Gasteiger partial charge is 0.369 e. The second kappa shape index (κ2) is 6.65. The summed E-state index contributed by atoms with van der Waals surface area (Å²) < 4.78 is 22.7. The summed E-state index contributed by atoms with van der Waals surface area (Å²) in [7, 11) is -0.578. The number of likely N-dealkylation sites (N-methyl/N-ethyl adjacent to an activating group) is 1. The molecule has 1 aromatic rings. The van der Waals surface area contributed by atoms with E-state index in [1.165, 1.54) is 24.3 Å². The number of primary sulfonamides is 1. The number of carbonyl (C=O) groups excluding carboxylic acids is 2. The first-order chi connectivity index (χ1) is 10.4. The molecule has 0 aliphatic carbocycles.